The molecule has 1 N–H and O–H groups in total. The standard InChI is InChI=1S/C27H23BrN2O6S/c1-30(37(33,34)23-15-10-19-6-2-3-7-20(19)16-23)21-11-13-22(14-12-21)35-18-27(32)36-17-26(31)29-25-9-5-4-8-24(25)28/h2-16H,17-18H2,1H3,(H,29,31). The zero-order valence-corrected chi connectivity index (χ0v) is 22.2. The maximum Gasteiger partial charge on any atom is 0.344 e. The van der Waals surface area contributed by atoms with Gasteiger partial charge in [-0.3, -0.25) is 9.10 Å². The fraction of sp³-hybridized carbons (Fsp3) is 0.111. The lowest BCUT2D eigenvalue weighted by Crippen LogP contribution is -2.26. The van der Waals surface area contributed by atoms with E-state index < -0.39 is 35.1 Å². The van der Waals surface area contributed by atoms with Crippen molar-refractivity contribution in [1.29, 1.82) is 0 Å². The van der Waals surface area contributed by atoms with Crippen molar-refractivity contribution in [3.8, 4) is 5.75 Å². The Bertz CT molecular complexity index is 1540. The number of sulfonamides is 1. The summed E-state index contributed by atoms with van der Waals surface area (Å²) in [6.45, 7) is -0.868. The number of para-hydroxylation sites is 1. The summed E-state index contributed by atoms with van der Waals surface area (Å²) in [7, 11) is -2.32. The van der Waals surface area contributed by atoms with E-state index in [0.717, 1.165) is 10.8 Å². The molecule has 4 aromatic rings. The molecular formula is C27H23BrN2O6S. The van der Waals surface area contributed by atoms with Gasteiger partial charge in [-0.25, -0.2) is 13.2 Å². The van der Waals surface area contributed by atoms with Crippen LogP contribution >= 0.6 is 15.9 Å². The van der Waals surface area contributed by atoms with E-state index in [4.69, 9.17) is 9.47 Å². The quantitative estimate of drug-likeness (QED) is 0.279. The van der Waals surface area contributed by atoms with Gasteiger partial charge in [0.1, 0.15) is 5.75 Å². The first-order chi connectivity index (χ1) is 17.7. The van der Waals surface area contributed by atoms with Gasteiger partial charge in [0.05, 0.1) is 16.3 Å². The number of halogens is 1. The number of nitrogens with zero attached hydrogens (tertiary/aromatic N) is 1. The molecule has 0 aromatic heterocycles. The largest absolute Gasteiger partial charge is 0.482 e. The molecule has 0 atom stereocenters. The Labute approximate surface area is 223 Å². The van der Waals surface area contributed by atoms with Crippen LogP contribution in [0.3, 0.4) is 0 Å². The minimum Gasteiger partial charge on any atom is -0.482 e. The Morgan fingerprint density at radius 3 is 2.27 bits per heavy atom. The van der Waals surface area contributed by atoms with Crippen molar-refractivity contribution in [3.63, 3.8) is 0 Å². The lowest BCUT2D eigenvalue weighted by atomic mass is 10.1. The molecule has 0 aliphatic heterocycles. The first-order valence-corrected chi connectivity index (χ1v) is 13.4. The minimum absolute atomic E-state index is 0.181. The molecule has 0 saturated carbocycles. The zero-order valence-electron chi connectivity index (χ0n) is 19.8. The molecule has 0 heterocycles. The van der Waals surface area contributed by atoms with Crippen LogP contribution in [-0.4, -0.2) is 40.6 Å². The van der Waals surface area contributed by atoms with Gasteiger partial charge in [0.2, 0.25) is 0 Å². The highest BCUT2D eigenvalue weighted by Gasteiger charge is 2.21. The fourth-order valence-electron chi connectivity index (χ4n) is 3.46. The van der Waals surface area contributed by atoms with E-state index in [1.807, 2.05) is 30.3 Å². The average Bonchev–Trinajstić information content (AvgIpc) is 2.91. The summed E-state index contributed by atoms with van der Waals surface area (Å²) in [4.78, 5) is 24.1. The third kappa shape index (κ3) is 6.46. The second kappa shape index (κ2) is 11.4. The summed E-state index contributed by atoms with van der Waals surface area (Å²) in [5.74, 6) is -0.863. The number of fused-ring (bicyclic) bond motifs is 1. The first-order valence-electron chi connectivity index (χ1n) is 11.1. The molecule has 0 unspecified atom stereocenters. The third-order valence-electron chi connectivity index (χ3n) is 5.45. The van der Waals surface area contributed by atoms with Crippen molar-refractivity contribution < 1.29 is 27.5 Å². The molecular weight excluding hydrogens is 560 g/mol. The predicted octanol–water partition coefficient (Wildman–Crippen LogP) is 4.99. The Kier molecular flexibility index (Phi) is 8.10. The highest BCUT2D eigenvalue weighted by molar-refractivity contribution is 9.10. The third-order valence-corrected chi connectivity index (χ3v) is 7.92. The highest BCUT2D eigenvalue weighted by atomic mass is 79.9. The van der Waals surface area contributed by atoms with Crippen molar-refractivity contribution in [2.75, 3.05) is 29.9 Å². The monoisotopic (exact) mass is 582 g/mol. The van der Waals surface area contributed by atoms with Crippen LogP contribution in [-0.2, 0) is 24.3 Å². The Morgan fingerprint density at radius 1 is 0.865 bits per heavy atom. The zero-order chi connectivity index (χ0) is 26.4. The van der Waals surface area contributed by atoms with E-state index in [2.05, 4.69) is 21.2 Å². The van der Waals surface area contributed by atoms with Crippen LogP contribution in [0.1, 0.15) is 0 Å². The second-order valence-electron chi connectivity index (χ2n) is 7.95. The molecule has 1 amide bonds. The van der Waals surface area contributed by atoms with Crippen LogP contribution in [0, 0.1) is 0 Å². The topological polar surface area (TPSA) is 102 Å². The normalized spacial score (nSPS) is 11.1. The second-order valence-corrected chi connectivity index (χ2v) is 10.8. The number of anilines is 2. The van der Waals surface area contributed by atoms with Gasteiger partial charge in [-0.15, -0.1) is 0 Å². The number of amides is 1. The molecule has 0 aliphatic carbocycles. The van der Waals surface area contributed by atoms with Crippen molar-refractivity contribution in [2.45, 2.75) is 4.90 Å². The van der Waals surface area contributed by atoms with Gasteiger partial charge in [0.25, 0.3) is 15.9 Å². The molecule has 37 heavy (non-hydrogen) atoms. The van der Waals surface area contributed by atoms with Gasteiger partial charge in [-0.2, -0.15) is 0 Å². The van der Waals surface area contributed by atoms with Crippen LogP contribution in [0.25, 0.3) is 10.8 Å². The van der Waals surface area contributed by atoms with E-state index in [9.17, 15) is 18.0 Å². The van der Waals surface area contributed by atoms with E-state index in [0.29, 0.717) is 21.6 Å². The summed E-state index contributed by atoms with van der Waals surface area (Å²) in [5, 5.41) is 4.42. The van der Waals surface area contributed by atoms with E-state index in [-0.39, 0.29) is 4.90 Å². The summed E-state index contributed by atoms with van der Waals surface area (Å²) < 4.78 is 38.5. The van der Waals surface area contributed by atoms with Crippen LogP contribution in [0.15, 0.2) is 100 Å². The average molecular weight is 583 g/mol. The molecule has 0 aliphatic rings. The number of benzene rings is 4. The van der Waals surface area contributed by atoms with Crippen molar-refractivity contribution in [3.05, 3.63) is 95.5 Å². The van der Waals surface area contributed by atoms with E-state index in [1.54, 1.807) is 60.7 Å². The molecule has 190 valence electrons. The molecule has 0 fully saturated rings. The highest BCUT2D eigenvalue weighted by Crippen LogP contribution is 2.26. The molecule has 10 heteroatoms. The molecule has 4 aromatic carbocycles. The van der Waals surface area contributed by atoms with Crippen LogP contribution in [0.4, 0.5) is 11.4 Å². The molecule has 0 spiro atoms. The Morgan fingerprint density at radius 2 is 1.54 bits per heavy atom. The molecule has 0 radical (unpaired) electrons. The number of ether oxygens (including phenoxy) is 2. The maximum absolute atomic E-state index is 13.1. The van der Waals surface area contributed by atoms with Gasteiger partial charge in [-0.1, -0.05) is 42.5 Å². The van der Waals surface area contributed by atoms with Gasteiger partial charge >= 0.3 is 5.97 Å². The molecule has 8 nitrogen and oxygen atoms in total. The lowest BCUT2D eigenvalue weighted by Gasteiger charge is -2.20. The number of rotatable bonds is 9. The SMILES string of the molecule is CN(c1ccc(OCC(=O)OCC(=O)Nc2ccccc2Br)cc1)S(=O)(=O)c1ccc2ccccc2c1. The number of nitrogens with one attached hydrogen (secondary N) is 1. The van der Waals surface area contributed by atoms with Crippen molar-refractivity contribution in [2.24, 2.45) is 0 Å². The van der Waals surface area contributed by atoms with Crippen LogP contribution in [0.2, 0.25) is 0 Å². The maximum atomic E-state index is 13.1. The number of esters is 1. The molecule has 0 bridgehead atoms. The van der Waals surface area contributed by atoms with E-state index >= 15 is 0 Å². The summed E-state index contributed by atoms with van der Waals surface area (Å²) in [5.41, 5.74) is 0.985. The Balaban J connectivity index is 1.30. The van der Waals surface area contributed by atoms with Gasteiger partial charge in [0.15, 0.2) is 13.2 Å². The van der Waals surface area contributed by atoms with Gasteiger partial charge < -0.3 is 14.8 Å². The van der Waals surface area contributed by atoms with Gasteiger partial charge in [-0.05, 0) is 75.2 Å². The van der Waals surface area contributed by atoms with Crippen molar-refractivity contribution in [1.82, 2.24) is 0 Å². The van der Waals surface area contributed by atoms with E-state index in [1.165, 1.54) is 11.4 Å². The minimum atomic E-state index is -3.79. The summed E-state index contributed by atoms with van der Waals surface area (Å²) in [6.07, 6.45) is 0. The lowest BCUT2D eigenvalue weighted by molar-refractivity contribution is -0.149. The predicted molar refractivity (Wildman–Crippen MR) is 145 cm³/mol. The number of hydrogen-bond acceptors (Lipinski definition) is 6. The van der Waals surface area contributed by atoms with Crippen LogP contribution < -0.4 is 14.4 Å². The van der Waals surface area contributed by atoms with Crippen molar-refractivity contribution >= 4 is 60.0 Å². The fourth-order valence-corrected chi connectivity index (χ4v) is 5.07. The molecule has 0 saturated heterocycles. The summed E-state index contributed by atoms with van der Waals surface area (Å²) >= 11 is 3.32. The summed E-state index contributed by atoms with van der Waals surface area (Å²) in [6, 6.07) is 25.8. The number of hydrogen-bond donors (Lipinski definition) is 1. The van der Waals surface area contributed by atoms with Gasteiger partial charge in [0, 0.05) is 11.5 Å². The van der Waals surface area contributed by atoms with Crippen LogP contribution in [0.5, 0.6) is 5.75 Å². The Hall–Kier alpha value is -3.89. The molecule has 4 rings (SSSR count). The smallest absolute Gasteiger partial charge is 0.344 e. The number of carbonyl (C=O) groups excluding carboxylic acids is 2. The number of carbonyl (C=O) groups is 2. The first kappa shape index (κ1) is 26.2.